The molecular weight excluding hydrogens is 253 g/mol. The van der Waals surface area contributed by atoms with Crippen LogP contribution in [0.2, 0.25) is 0 Å². The van der Waals surface area contributed by atoms with Gasteiger partial charge in [-0.15, -0.1) is 0 Å². The van der Waals surface area contributed by atoms with E-state index >= 15 is 0 Å². The number of amides is 1. The molecular formula is C17H16FNO. The molecule has 2 aromatic rings. The zero-order valence-electron chi connectivity index (χ0n) is 11.3. The molecule has 1 atom stereocenters. The van der Waals surface area contributed by atoms with Gasteiger partial charge in [0.15, 0.2) is 0 Å². The average Bonchev–Trinajstić information content (AvgIpc) is 2.74. The Balaban J connectivity index is 2.10. The van der Waals surface area contributed by atoms with Crippen LogP contribution in [0.5, 0.6) is 0 Å². The topological polar surface area (TPSA) is 20.3 Å². The molecule has 0 saturated heterocycles. The van der Waals surface area contributed by atoms with E-state index in [0.717, 1.165) is 23.1 Å². The van der Waals surface area contributed by atoms with Crippen molar-refractivity contribution in [1.29, 1.82) is 0 Å². The normalized spacial score (nSPS) is 17.4. The third kappa shape index (κ3) is 1.99. The summed E-state index contributed by atoms with van der Waals surface area (Å²) in [6.07, 6.45) is 0.900. The predicted octanol–water partition coefficient (Wildman–Crippen LogP) is 3.78. The van der Waals surface area contributed by atoms with Crippen molar-refractivity contribution in [1.82, 2.24) is 4.90 Å². The largest absolute Gasteiger partial charge is 0.327 e. The first-order chi connectivity index (χ1) is 9.72. The number of hydrogen-bond acceptors (Lipinski definition) is 1. The lowest BCUT2D eigenvalue weighted by Crippen LogP contribution is -2.29. The highest BCUT2D eigenvalue weighted by Crippen LogP contribution is 2.38. The van der Waals surface area contributed by atoms with Crippen molar-refractivity contribution < 1.29 is 9.18 Å². The molecule has 1 amide bonds. The summed E-state index contributed by atoms with van der Waals surface area (Å²) < 4.78 is 13.1. The van der Waals surface area contributed by atoms with E-state index in [1.165, 1.54) is 12.1 Å². The van der Waals surface area contributed by atoms with Crippen molar-refractivity contribution in [2.24, 2.45) is 0 Å². The minimum Gasteiger partial charge on any atom is -0.327 e. The molecule has 0 saturated carbocycles. The second kappa shape index (κ2) is 5.08. The summed E-state index contributed by atoms with van der Waals surface area (Å²) in [4.78, 5) is 14.4. The maximum Gasteiger partial charge on any atom is 0.255 e. The molecule has 1 unspecified atom stereocenters. The van der Waals surface area contributed by atoms with Gasteiger partial charge in [-0.1, -0.05) is 37.3 Å². The van der Waals surface area contributed by atoms with Crippen molar-refractivity contribution in [2.45, 2.75) is 19.4 Å². The van der Waals surface area contributed by atoms with Crippen molar-refractivity contribution in [3.05, 3.63) is 71.0 Å². The number of fused-ring (bicyclic) bond motifs is 1. The van der Waals surface area contributed by atoms with E-state index in [4.69, 9.17) is 0 Å². The van der Waals surface area contributed by atoms with Gasteiger partial charge in [-0.3, -0.25) is 4.79 Å². The second-order valence-electron chi connectivity index (χ2n) is 5.04. The molecule has 3 rings (SSSR count). The number of carbonyl (C=O) groups excluding carboxylic acids is 1. The minimum absolute atomic E-state index is 0.0665. The first-order valence-corrected chi connectivity index (χ1v) is 6.87. The van der Waals surface area contributed by atoms with Crippen LogP contribution in [0.1, 0.15) is 40.9 Å². The van der Waals surface area contributed by atoms with Gasteiger partial charge < -0.3 is 4.90 Å². The van der Waals surface area contributed by atoms with Gasteiger partial charge in [0, 0.05) is 12.1 Å². The van der Waals surface area contributed by atoms with Gasteiger partial charge in [0.05, 0.1) is 6.04 Å². The van der Waals surface area contributed by atoms with E-state index in [9.17, 15) is 9.18 Å². The highest BCUT2D eigenvalue weighted by Gasteiger charge is 2.36. The van der Waals surface area contributed by atoms with E-state index in [-0.39, 0.29) is 17.8 Å². The molecule has 20 heavy (non-hydrogen) atoms. The summed E-state index contributed by atoms with van der Waals surface area (Å²) in [5.41, 5.74) is 2.73. The summed E-state index contributed by atoms with van der Waals surface area (Å²) in [5.74, 6) is -0.190. The second-order valence-corrected chi connectivity index (χ2v) is 5.04. The van der Waals surface area contributed by atoms with Crippen molar-refractivity contribution in [3.8, 4) is 0 Å². The van der Waals surface area contributed by atoms with Crippen LogP contribution in [0, 0.1) is 5.82 Å². The number of carbonyl (C=O) groups is 1. The highest BCUT2D eigenvalue weighted by atomic mass is 19.1. The van der Waals surface area contributed by atoms with Crippen LogP contribution >= 0.6 is 0 Å². The Morgan fingerprint density at radius 3 is 2.50 bits per heavy atom. The zero-order valence-corrected chi connectivity index (χ0v) is 11.3. The van der Waals surface area contributed by atoms with Crippen molar-refractivity contribution in [2.75, 3.05) is 6.54 Å². The Labute approximate surface area is 117 Å². The first-order valence-electron chi connectivity index (χ1n) is 6.87. The number of nitrogens with zero attached hydrogens (tertiary/aromatic N) is 1. The molecule has 1 aliphatic heterocycles. The fourth-order valence-corrected chi connectivity index (χ4v) is 2.85. The lowest BCUT2D eigenvalue weighted by atomic mass is 9.98. The number of halogens is 1. The predicted molar refractivity (Wildman–Crippen MR) is 76.0 cm³/mol. The summed E-state index contributed by atoms with van der Waals surface area (Å²) in [7, 11) is 0. The molecule has 0 aliphatic carbocycles. The fraction of sp³-hybridized carbons (Fsp3) is 0.235. The molecule has 3 heteroatoms. The van der Waals surface area contributed by atoms with Crippen molar-refractivity contribution in [3.63, 3.8) is 0 Å². The van der Waals surface area contributed by atoms with Gasteiger partial charge in [0.2, 0.25) is 0 Å². The summed E-state index contributed by atoms with van der Waals surface area (Å²) in [6, 6.07) is 14.0. The number of hydrogen-bond donors (Lipinski definition) is 0. The molecule has 2 aromatic carbocycles. The van der Waals surface area contributed by atoms with E-state index in [2.05, 4.69) is 6.92 Å². The van der Waals surface area contributed by atoms with Gasteiger partial charge in [0.25, 0.3) is 5.91 Å². The van der Waals surface area contributed by atoms with E-state index in [1.54, 1.807) is 12.1 Å². The van der Waals surface area contributed by atoms with Gasteiger partial charge in [-0.25, -0.2) is 4.39 Å². The Kier molecular flexibility index (Phi) is 3.26. The number of rotatable bonds is 3. The first kappa shape index (κ1) is 12.9. The van der Waals surface area contributed by atoms with Gasteiger partial charge >= 0.3 is 0 Å². The Morgan fingerprint density at radius 1 is 1.10 bits per heavy atom. The third-order valence-electron chi connectivity index (χ3n) is 3.71. The van der Waals surface area contributed by atoms with Crippen LogP contribution in [0.25, 0.3) is 0 Å². The molecule has 0 spiro atoms. The number of benzene rings is 2. The highest BCUT2D eigenvalue weighted by molar-refractivity contribution is 5.99. The SMILES string of the molecule is CCCN1C(=O)c2ccccc2C1c1ccc(F)cc1. The molecule has 0 bridgehead atoms. The minimum atomic E-state index is -0.256. The maximum atomic E-state index is 13.1. The monoisotopic (exact) mass is 269 g/mol. The van der Waals surface area contributed by atoms with E-state index in [0.29, 0.717) is 6.54 Å². The van der Waals surface area contributed by atoms with Crippen LogP contribution in [-0.2, 0) is 0 Å². The summed E-state index contributed by atoms with van der Waals surface area (Å²) in [6.45, 7) is 2.76. The van der Waals surface area contributed by atoms with Gasteiger partial charge in [-0.05, 0) is 35.7 Å². The molecule has 1 aliphatic rings. The van der Waals surface area contributed by atoms with Crippen LogP contribution in [-0.4, -0.2) is 17.4 Å². The quantitative estimate of drug-likeness (QED) is 0.830. The molecule has 0 aromatic heterocycles. The summed E-state index contributed by atoms with van der Waals surface area (Å²) >= 11 is 0. The molecule has 2 nitrogen and oxygen atoms in total. The molecule has 0 fully saturated rings. The van der Waals surface area contributed by atoms with E-state index < -0.39 is 0 Å². The standard InChI is InChI=1S/C17H16FNO/c1-2-11-19-16(12-7-9-13(18)10-8-12)14-5-3-4-6-15(14)17(19)20/h3-10,16H,2,11H2,1H3. The van der Waals surface area contributed by atoms with E-state index in [1.807, 2.05) is 29.2 Å². The maximum absolute atomic E-state index is 13.1. The molecule has 1 heterocycles. The molecule has 102 valence electrons. The van der Waals surface area contributed by atoms with Crippen LogP contribution in [0.4, 0.5) is 4.39 Å². The average molecular weight is 269 g/mol. The third-order valence-corrected chi connectivity index (χ3v) is 3.71. The van der Waals surface area contributed by atoms with Gasteiger partial charge in [0.1, 0.15) is 5.82 Å². The Morgan fingerprint density at radius 2 is 1.80 bits per heavy atom. The summed E-state index contributed by atoms with van der Waals surface area (Å²) in [5, 5.41) is 0. The zero-order chi connectivity index (χ0) is 14.1. The molecule has 0 radical (unpaired) electrons. The Hall–Kier alpha value is -2.16. The molecule has 0 N–H and O–H groups in total. The fourth-order valence-electron chi connectivity index (χ4n) is 2.85. The van der Waals surface area contributed by atoms with Crippen LogP contribution in [0.15, 0.2) is 48.5 Å². The lowest BCUT2D eigenvalue weighted by Gasteiger charge is -2.25. The smallest absolute Gasteiger partial charge is 0.255 e. The van der Waals surface area contributed by atoms with Crippen LogP contribution < -0.4 is 0 Å². The van der Waals surface area contributed by atoms with Gasteiger partial charge in [-0.2, -0.15) is 0 Å². The lowest BCUT2D eigenvalue weighted by molar-refractivity contribution is 0.0750. The van der Waals surface area contributed by atoms with Crippen LogP contribution in [0.3, 0.4) is 0 Å². The van der Waals surface area contributed by atoms with Crippen molar-refractivity contribution >= 4 is 5.91 Å². The Bertz CT molecular complexity index is 636.